The number of nitriles is 1. The van der Waals surface area contributed by atoms with Gasteiger partial charge in [0.1, 0.15) is 17.4 Å². The van der Waals surface area contributed by atoms with Crippen molar-refractivity contribution < 1.29 is 9.21 Å². The predicted molar refractivity (Wildman–Crippen MR) is 103 cm³/mol. The van der Waals surface area contributed by atoms with Gasteiger partial charge in [-0.1, -0.05) is 12.1 Å². The number of amides is 1. The van der Waals surface area contributed by atoms with Crippen LogP contribution in [0.5, 0.6) is 0 Å². The molecule has 1 fully saturated rings. The normalized spacial score (nSPS) is 14.8. The van der Waals surface area contributed by atoms with Gasteiger partial charge in [-0.2, -0.15) is 5.26 Å². The number of aryl methyl sites for hydroxylation is 1. The molecule has 1 amide bonds. The molecule has 1 saturated heterocycles. The Bertz CT molecular complexity index is 868. The van der Waals surface area contributed by atoms with Gasteiger partial charge in [-0.3, -0.25) is 4.79 Å². The van der Waals surface area contributed by atoms with Gasteiger partial charge in [0.2, 0.25) is 0 Å². The average Bonchev–Trinajstić information content (AvgIpc) is 3.13. The van der Waals surface area contributed by atoms with Crippen LogP contribution in [0.15, 0.2) is 40.3 Å². The summed E-state index contributed by atoms with van der Waals surface area (Å²) in [6, 6.07) is 11.4. The molecule has 0 unspecified atom stereocenters. The Labute approximate surface area is 153 Å². The van der Waals surface area contributed by atoms with Gasteiger partial charge in [-0.05, 0) is 56.4 Å². The Hall–Kier alpha value is -3.00. The van der Waals surface area contributed by atoms with Crippen LogP contribution in [0.2, 0.25) is 0 Å². The van der Waals surface area contributed by atoms with Crippen molar-refractivity contribution in [3.05, 3.63) is 52.8 Å². The highest BCUT2D eigenvalue weighted by Crippen LogP contribution is 2.24. The number of nitrogens with zero attached hydrogens (tertiary/aromatic N) is 2. The molecule has 0 aliphatic carbocycles. The Kier molecular flexibility index (Phi) is 5.43. The quantitative estimate of drug-likeness (QED) is 0.655. The van der Waals surface area contributed by atoms with Crippen molar-refractivity contribution in [2.24, 2.45) is 0 Å². The van der Waals surface area contributed by atoms with Crippen molar-refractivity contribution in [3.63, 3.8) is 0 Å². The smallest absolute Gasteiger partial charge is 0.266 e. The molecule has 0 radical (unpaired) electrons. The molecule has 1 aliphatic heterocycles. The largest absolute Gasteiger partial charge is 0.441 e. The van der Waals surface area contributed by atoms with Gasteiger partial charge >= 0.3 is 0 Å². The fourth-order valence-electron chi connectivity index (χ4n) is 3.07. The zero-order valence-corrected chi connectivity index (χ0v) is 15.2. The molecule has 5 heteroatoms. The predicted octanol–water partition coefficient (Wildman–Crippen LogP) is 4.43. The SMILES string of the molecule is Cc1cccc(NC(=O)/C(C#N)=C/c2ccc(N3CCCCC3)o2)c1C. The van der Waals surface area contributed by atoms with Gasteiger partial charge in [-0.15, -0.1) is 0 Å². The van der Waals surface area contributed by atoms with E-state index in [0.29, 0.717) is 11.4 Å². The third-order valence-electron chi connectivity index (χ3n) is 4.78. The van der Waals surface area contributed by atoms with Crippen LogP contribution >= 0.6 is 0 Å². The minimum absolute atomic E-state index is 0.0189. The first-order chi connectivity index (χ1) is 12.6. The van der Waals surface area contributed by atoms with Gasteiger partial charge in [0.25, 0.3) is 5.91 Å². The number of hydrogen-bond donors (Lipinski definition) is 1. The maximum Gasteiger partial charge on any atom is 0.266 e. The molecule has 26 heavy (non-hydrogen) atoms. The monoisotopic (exact) mass is 349 g/mol. The Morgan fingerprint density at radius 3 is 2.69 bits per heavy atom. The Balaban J connectivity index is 1.75. The molecule has 5 nitrogen and oxygen atoms in total. The van der Waals surface area contributed by atoms with E-state index in [1.807, 2.05) is 44.2 Å². The number of carbonyl (C=O) groups excluding carboxylic acids is 1. The third kappa shape index (κ3) is 3.97. The molecular formula is C21H23N3O2. The third-order valence-corrected chi connectivity index (χ3v) is 4.78. The van der Waals surface area contributed by atoms with Crippen LogP contribution in [0.25, 0.3) is 6.08 Å². The first-order valence-corrected chi connectivity index (χ1v) is 8.92. The number of benzene rings is 1. The van der Waals surface area contributed by atoms with E-state index < -0.39 is 5.91 Å². The lowest BCUT2D eigenvalue weighted by Gasteiger charge is -2.25. The van der Waals surface area contributed by atoms with Gasteiger partial charge in [0, 0.05) is 30.9 Å². The summed E-state index contributed by atoms with van der Waals surface area (Å²) in [5, 5.41) is 12.2. The fourth-order valence-corrected chi connectivity index (χ4v) is 3.07. The maximum atomic E-state index is 12.5. The average molecular weight is 349 g/mol. The summed E-state index contributed by atoms with van der Waals surface area (Å²) in [6.45, 7) is 5.89. The number of nitrogens with one attached hydrogen (secondary N) is 1. The van der Waals surface area contributed by atoms with Gasteiger partial charge in [0.15, 0.2) is 5.88 Å². The van der Waals surface area contributed by atoms with E-state index >= 15 is 0 Å². The number of anilines is 2. The molecule has 1 N–H and O–H groups in total. The van der Waals surface area contributed by atoms with Crippen LogP contribution in [0.3, 0.4) is 0 Å². The van der Waals surface area contributed by atoms with Crippen LogP contribution in [-0.2, 0) is 4.79 Å². The molecule has 0 atom stereocenters. The second kappa shape index (κ2) is 7.92. The standard InChI is InChI=1S/C21H23N3O2/c1-15-7-6-8-19(16(15)2)23-21(25)17(14-22)13-18-9-10-20(26-18)24-11-4-3-5-12-24/h6-10,13H,3-5,11-12H2,1-2H3,(H,23,25)/b17-13+. The van der Waals surface area contributed by atoms with Gasteiger partial charge in [0.05, 0.1) is 0 Å². The summed E-state index contributed by atoms with van der Waals surface area (Å²) in [5.74, 6) is 0.874. The summed E-state index contributed by atoms with van der Waals surface area (Å²) in [7, 11) is 0. The minimum Gasteiger partial charge on any atom is -0.441 e. The van der Waals surface area contributed by atoms with Crippen LogP contribution < -0.4 is 10.2 Å². The molecular weight excluding hydrogens is 326 g/mol. The molecule has 2 aromatic rings. The highest BCUT2D eigenvalue weighted by molar-refractivity contribution is 6.09. The van der Waals surface area contributed by atoms with Crippen molar-refractivity contribution >= 4 is 23.6 Å². The maximum absolute atomic E-state index is 12.5. The molecule has 0 saturated carbocycles. The van der Waals surface area contributed by atoms with Crippen LogP contribution in [-0.4, -0.2) is 19.0 Å². The zero-order chi connectivity index (χ0) is 18.5. The van der Waals surface area contributed by atoms with E-state index in [4.69, 9.17) is 4.42 Å². The summed E-state index contributed by atoms with van der Waals surface area (Å²) in [6.07, 6.45) is 5.07. The van der Waals surface area contributed by atoms with Crippen molar-refractivity contribution in [3.8, 4) is 6.07 Å². The van der Waals surface area contributed by atoms with Crippen LogP contribution in [0.1, 0.15) is 36.1 Å². The topological polar surface area (TPSA) is 69.3 Å². The number of rotatable bonds is 4. The number of carbonyl (C=O) groups is 1. The van der Waals surface area contributed by atoms with Gasteiger partial charge in [-0.25, -0.2) is 0 Å². The second-order valence-electron chi connectivity index (χ2n) is 6.60. The molecule has 3 rings (SSSR count). The van der Waals surface area contributed by atoms with Crippen LogP contribution in [0.4, 0.5) is 11.6 Å². The van der Waals surface area contributed by atoms with E-state index in [2.05, 4.69) is 10.2 Å². The summed E-state index contributed by atoms with van der Waals surface area (Å²) < 4.78 is 5.82. The highest BCUT2D eigenvalue weighted by Gasteiger charge is 2.16. The fraction of sp³-hybridized carbons (Fsp3) is 0.333. The molecule has 0 bridgehead atoms. The molecule has 134 valence electrons. The Morgan fingerprint density at radius 2 is 1.96 bits per heavy atom. The van der Waals surface area contributed by atoms with Crippen molar-refractivity contribution in [2.75, 3.05) is 23.3 Å². The number of piperidine rings is 1. The lowest BCUT2D eigenvalue weighted by molar-refractivity contribution is -0.112. The van der Waals surface area contributed by atoms with E-state index in [-0.39, 0.29) is 5.57 Å². The molecule has 1 aliphatic rings. The summed E-state index contributed by atoms with van der Waals surface area (Å²) >= 11 is 0. The number of hydrogen-bond acceptors (Lipinski definition) is 4. The van der Waals surface area contributed by atoms with Crippen molar-refractivity contribution in [2.45, 2.75) is 33.1 Å². The van der Waals surface area contributed by atoms with Crippen LogP contribution in [0, 0.1) is 25.2 Å². The summed E-state index contributed by atoms with van der Waals surface area (Å²) in [5.41, 5.74) is 2.81. The molecule has 2 heterocycles. The molecule has 1 aromatic carbocycles. The molecule has 0 spiro atoms. The Morgan fingerprint density at radius 1 is 1.19 bits per heavy atom. The number of furan rings is 1. The lowest BCUT2D eigenvalue weighted by Crippen LogP contribution is -2.28. The highest BCUT2D eigenvalue weighted by atomic mass is 16.4. The van der Waals surface area contributed by atoms with Crippen molar-refractivity contribution in [1.29, 1.82) is 5.26 Å². The first kappa shape index (κ1) is 17.8. The molecule has 1 aromatic heterocycles. The van der Waals surface area contributed by atoms with E-state index in [1.54, 1.807) is 6.07 Å². The van der Waals surface area contributed by atoms with E-state index in [9.17, 15) is 10.1 Å². The second-order valence-corrected chi connectivity index (χ2v) is 6.60. The van der Waals surface area contributed by atoms with Gasteiger partial charge < -0.3 is 14.6 Å². The lowest BCUT2D eigenvalue weighted by atomic mass is 10.1. The first-order valence-electron chi connectivity index (χ1n) is 8.92. The minimum atomic E-state index is -0.433. The van der Waals surface area contributed by atoms with Crippen molar-refractivity contribution in [1.82, 2.24) is 0 Å². The van der Waals surface area contributed by atoms with E-state index in [0.717, 1.165) is 42.9 Å². The summed E-state index contributed by atoms with van der Waals surface area (Å²) in [4.78, 5) is 14.7. The zero-order valence-electron chi connectivity index (χ0n) is 15.2. The van der Waals surface area contributed by atoms with E-state index in [1.165, 1.54) is 12.5 Å².